The molecule has 3 heterocycles. The van der Waals surface area contributed by atoms with Crippen molar-refractivity contribution >= 4 is 24.2 Å². The van der Waals surface area contributed by atoms with Gasteiger partial charge in [-0.3, -0.25) is 14.6 Å². The first-order chi connectivity index (χ1) is 15.8. The molecule has 3 fully saturated rings. The van der Waals surface area contributed by atoms with Crippen LogP contribution in [0.4, 0.5) is 10.5 Å². The standard InChI is InChI=1S/C22H24N2O6.CH2O2/c25-18-7-2-1-6-17(18)24(12-15-4-3-5-16(20(15)26)21(27)28)22(29)30-19-13-23-10-8-14(19)9-11-23;2-1-3/h1-7,14,19,25-26H,8-13H2,(H,27,28);1H,(H,2,3)/t19-;/m0./s1. The lowest BCUT2D eigenvalue weighted by Gasteiger charge is -2.44. The highest BCUT2D eigenvalue weighted by atomic mass is 16.6. The van der Waals surface area contributed by atoms with Crippen LogP contribution in [0.3, 0.4) is 0 Å². The van der Waals surface area contributed by atoms with Gasteiger partial charge in [-0.05, 0) is 50.0 Å². The number of aromatic carboxylic acids is 1. The van der Waals surface area contributed by atoms with E-state index >= 15 is 0 Å². The number of piperidine rings is 3. The molecule has 2 aromatic carbocycles. The zero-order valence-corrected chi connectivity index (χ0v) is 17.8. The summed E-state index contributed by atoms with van der Waals surface area (Å²) < 4.78 is 5.82. The smallest absolute Gasteiger partial charge is 0.415 e. The van der Waals surface area contributed by atoms with Crippen molar-refractivity contribution in [2.45, 2.75) is 25.5 Å². The van der Waals surface area contributed by atoms with Crippen LogP contribution in [-0.2, 0) is 16.1 Å². The van der Waals surface area contributed by atoms with Crippen molar-refractivity contribution in [3.63, 3.8) is 0 Å². The lowest BCUT2D eigenvalue weighted by atomic mass is 9.86. The molecule has 0 aliphatic carbocycles. The maximum atomic E-state index is 13.2. The number of carbonyl (C=O) groups is 3. The number of phenolic OH excluding ortho intramolecular Hbond substituents is 1. The molecule has 3 aliphatic heterocycles. The molecule has 2 aromatic rings. The molecule has 0 aromatic heterocycles. The van der Waals surface area contributed by atoms with E-state index in [1.165, 1.54) is 29.2 Å². The normalized spacial score (nSPS) is 20.8. The minimum absolute atomic E-state index is 0.114. The Morgan fingerprint density at radius 2 is 1.76 bits per heavy atom. The maximum absolute atomic E-state index is 13.2. The molecule has 3 aliphatic rings. The van der Waals surface area contributed by atoms with E-state index in [0.717, 1.165) is 25.9 Å². The number of nitrogens with zero attached hydrogens (tertiary/aromatic N) is 2. The van der Waals surface area contributed by atoms with Gasteiger partial charge in [0.15, 0.2) is 0 Å². The summed E-state index contributed by atoms with van der Waals surface area (Å²) in [6.07, 6.45) is 1.09. The lowest BCUT2D eigenvalue weighted by molar-refractivity contribution is -0.122. The topological polar surface area (TPSA) is 148 Å². The van der Waals surface area contributed by atoms with Gasteiger partial charge in [0, 0.05) is 12.1 Å². The van der Waals surface area contributed by atoms with Gasteiger partial charge < -0.3 is 25.2 Å². The van der Waals surface area contributed by atoms with Crippen LogP contribution in [0.1, 0.15) is 28.8 Å². The van der Waals surface area contributed by atoms with E-state index in [9.17, 15) is 24.9 Å². The Balaban J connectivity index is 0.000000968. The second kappa shape index (κ2) is 10.7. The molecule has 2 bridgehead atoms. The van der Waals surface area contributed by atoms with Crippen molar-refractivity contribution in [3.05, 3.63) is 53.6 Å². The summed E-state index contributed by atoms with van der Waals surface area (Å²) in [5.74, 6) is -1.48. The number of carboxylic acid groups (broad SMARTS) is 2. The fourth-order valence-corrected chi connectivity index (χ4v) is 4.24. The number of benzene rings is 2. The molecule has 5 rings (SSSR count). The van der Waals surface area contributed by atoms with E-state index in [0.29, 0.717) is 12.5 Å². The number of phenols is 2. The van der Waals surface area contributed by atoms with E-state index in [1.807, 2.05) is 0 Å². The number of carbonyl (C=O) groups excluding carboxylic acids is 1. The summed E-state index contributed by atoms with van der Waals surface area (Å²) in [4.78, 5) is 36.4. The SMILES string of the molecule is O=C(O)c1cccc(CN(C(=O)O[C@H]2CN3CCC2CC3)c2ccccc2O)c1O.O=CO. The molecule has 0 unspecified atom stereocenters. The Kier molecular flexibility index (Phi) is 7.73. The highest BCUT2D eigenvalue weighted by molar-refractivity contribution is 5.92. The Morgan fingerprint density at radius 1 is 1.09 bits per heavy atom. The van der Waals surface area contributed by atoms with Gasteiger partial charge in [0.1, 0.15) is 23.2 Å². The van der Waals surface area contributed by atoms with Gasteiger partial charge in [-0.2, -0.15) is 0 Å². The largest absolute Gasteiger partial charge is 0.507 e. The van der Waals surface area contributed by atoms with Crippen LogP contribution in [0.15, 0.2) is 42.5 Å². The average Bonchev–Trinajstić information content (AvgIpc) is 2.80. The molecule has 3 saturated heterocycles. The van der Waals surface area contributed by atoms with Crippen molar-refractivity contribution in [1.82, 2.24) is 4.90 Å². The van der Waals surface area contributed by atoms with E-state index in [1.54, 1.807) is 18.2 Å². The van der Waals surface area contributed by atoms with Gasteiger partial charge in [0.25, 0.3) is 6.47 Å². The Bertz CT molecular complexity index is 1000. The summed E-state index contributed by atoms with van der Waals surface area (Å²) in [5, 5.41) is 36.9. The van der Waals surface area contributed by atoms with E-state index < -0.39 is 17.8 Å². The molecule has 0 spiro atoms. The van der Waals surface area contributed by atoms with Crippen molar-refractivity contribution < 1.29 is 39.5 Å². The number of hydrogen-bond acceptors (Lipinski definition) is 7. The molecule has 10 nitrogen and oxygen atoms in total. The zero-order chi connectivity index (χ0) is 24.0. The first kappa shape index (κ1) is 23.9. The monoisotopic (exact) mass is 458 g/mol. The number of para-hydroxylation sites is 3. The summed E-state index contributed by atoms with van der Waals surface area (Å²) in [6.45, 7) is 2.31. The van der Waals surface area contributed by atoms with Crippen molar-refractivity contribution in [1.29, 1.82) is 0 Å². The highest BCUT2D eigenvalue weighted by Crippen LogP contribution is 2.34. The van der Waals surface area contributed by atoms with Crippen LogP contribution >= 0.6 is 0 Å². The van der Waals surface area contributed by atoms with Crippen LogP contribution in [0.25, 0.3) is 0 Å². The molecule has 4 N–H and O–H groups in total. The molecule has 33 heavy (non-hydrogen) atoms. The molecule has 0 radical (unpaired) electrons. The van der Waals surface area contributed by atoms with Crippen LogP contribution in [0, 0.1) is 5.92 Å². The minimum Gasteiger partial charge on any atom is -0.507 e. The van der Waals surface area contributed by atoms with E-state index in [2.05, 4.69) is 4.90 Å². The van der Waals surface area contributed by atoms with Gasteiger partial charge in [0.05, 0.1) is 12.2 Å². The number of rotatable bonds is 5. The van der Waals surface area contributed by atoms with E-state index in [-0.39, 0.29) is 41.7 Å². The zero-order valence-electron chi connectivity index (χ0n) is 17.8. The number of ether oxygens (including phenoxy) is 1. The third kappa shape index (κ3) is 5.53. The molecular weight excluding hydrogens is 432 g/mol. The van der Waals surface area contributed by atoms with Crippen LogP contribution in [-0.4, -0.2) is 69.6 Å². The number of amides is 1. The molecule has 10 heteroatoms. The number of anilines is 1. The molecule has 0 saturated carbocycles. The van der Waals surface area contributed by atoms with Crippen molar-refractivity contribution in [2.24, 2.45) is 5.92 Å². The van der Waals surface area contributed by atoms with Gasteiger partial charge >= 0.3 is 12.1 Å². The van der Waals surface area contributed by atoms with Gasteiger partial charge in [-0.15, -0.1) is 0 Å². The lowest BCUT2D eigenvalue weighted by Crippen LogP contribution is -2.53. The van der Waals surface area contributed by atoms with Crippen molar-refractivity contribution in [2.75, 3.05) is 24.5 Å². The van der Waals surface area contributed by atoms with Crippen LogP contribution in [0.5, 0.6) is 11.5 Å². The average molecular weight is 458 g/mol. The third-order valence-corrected chi connectivity index (χ3v) is 5.92. The summed E-state index contributed by atoms with van der Waals surface area (Å²) in [5.41, 5.74) is 0.211. The molecule has 1 atom stereocenters. The highest BCUT2D eigenvalue weighted by Gasteiger charge is 2.37. The molecule has 1 amide bonds. The van der Waals surface area contributed by atoms with Crippen LogP contribution in [0.2, 0.25) is 0 Å². The van der Waals surface area contributed by atoms with Crippen molar-refractivity contribution in [3.8, 4) is 11.5 Å². The summed E-state index contributed by atoms with van der Waals surface area (Å²) >= 11 is 0. The maximum Gasteiger partial charge on any atom is 0.415 e. The third-order valence-electron chi connectivity index (χ3n) is 5.92. The first-order valence-electron chi connectivity index (χ1n) is 10.5. The van der Waals surface area contributed by atoms with Crippen LogP contribution < -0.4 is 4.90 Å². The first-order valence-corrected chi connectivity index (χ1v) is 10.5. The molecule has 176 valence electrons. The fraction of sp³-hybridized carbons (Fsp3) is 0.348. The number of hydrogen-bond donors (Lipinski definition) is 4. The Morgan fingerprint density at radius 3 is 2.33 bits per heavy atom. The Hall–Kier alpha value is -3.79. The number of fused-ring (bicyclic) bond motifs is 3. The van der Waals surface area contributed by atoms with Gasteiger partial charge in [0.2, 0.25) is 0 Å². The second-order valence-electron chi connectivity index (χ2n) is 7.86. The summed E-state index contributed by atoms with van der Waals surface area (Å²) in [7, 11) is 0. The number of aromatic hydroxyl groups is 2. The van der Waals surface area contributed by atoms with Gasteiger partial charge in [-0.25, -0.2) is 9.59 Å². The van der Waals surface area contributed by atoms with E-state index in [4.69, 9.17) is 14.6 Å². The fourth-order valence-electron chi connectivity index (χ4n) is 4.24. The molecular formula is C23H26N2O8. The number of carboxylic acids is 1. The predicted octanol–water partition coefficient (Wildman–Crippen LogP) is 2.73. The summed E-state index contributed by atoms with van der Waals surface area (Å²) in [6, 6.07) is 10.7. The quantitative estimate of drug-likeness (QED) is 0.496. The van der Waals surface area contributed by atoms with Gasteiger partial charge in [-0.1, -0.05) is 24.3 Å². The predicted molar refractivity (Wildman–Crippen MR) is 117 cm³/mol. The second-order valence-corrected chi connectivity index (χ2v) is 7.86. The Labute approximate surface area is 190 Å². The minimum atomic E-state index is -1.27.